The number of likely N-dealkylation sites (tertiary alicyclic amines) is 1. The third-order valence-corrected chi connectivity index (χ3v) is 5.15. The van der Waals surface area contributed by atoms with E-state index in [1.54, 1.807) is 6.07 Å². The predicted octanol–water partition coefficient (Wildman–Crippen LogP) is 2.59. The molecule has 3 N–H and O–H groups in total. The molecule has 3 rings (SSSR count). The maximum Gasteiger partial charge on any atom is 0.416 e. The van der Waals surface area contributed by atoms with Crippen molar-refractivity contribution in [3.63, 3.8) is 0 Å². The summed E-state index contributed by atoms with van der Waals surface area (Å²) in [6, 6.07) is 5.62. The predicted molar refractivity (Wildman–Crippen MR) is 82.0 cm³/mol. The molecule has 3 nitrogen and oxygen atoms in total. The van der Waals surface area contributed by atoms with Gasteiger partial charge in [-0.3, -0.25) is 4.90 Å². The van der Waals surface area contributed by atoms with Crippen LogP contribution >= 0.6 is 0 Å². The molecular formula is C17H23F3N2O. The van der Waals surface area contributed by atoms with Crippen molar-refractivity contribution >= 4 is 0 Å². The number of nitrogens with zero attached hydrogens (tertiary/aromatic N) is 1. The standard InChI is InChI=1S/C17H23F3N2O/c18-17(19,20)15-3-1-2-13(6-15)14-4-5-22(10-14)11-16(23)7-12(8-16)9-21/h1-3,6,12,14,23H,4-5,7-11,21H2. The van der Waals surface area contributed by atoms with Gasteiger partial charge in [0.2, 0.25) is 0 Å². The van der Waals surface area contributed by atoms with Gasteiger partial charge in [0.25, 0.3) is 0 Å². The second kappa shape index (κ2) is 6.07. The number of aliphatic hydroxyl groups is 1. The maximum atomic E-state index is 12.8. The van der Waals surface area contributed by atoms with Crippen molar-refractivity contribution in [2.75, 3.05) is 26.2 Å². The normalized spacial score (nSPS) is 32.0. The number of halogens is 3. The van der Waals surface area contributed by atoms with Gasteiger partial charge in [0.1, 0.15) is 0 Å². The largest absolute Gasteiger partial charge is 0.416 e. The van der Waals surface area contributed by atoms with E-state index in [9.17, 15) is 18.3 Å². The van der Waals surface area contributed by atoms with Gasteiger partial charge >= 0.3 is 6.18 Å². The first-order valence-corrected chi connectivity index (χ1v) is 8.11. The van der Waals surface area contributed by atoms with E-state index in [4.69, 9.17) is 5.73 Å². The fourth-order valence-electron chi connectivity index (χ4n) is 3.94. The minimum atomic E-state index is -4.30. The summed E-state index contributed by atoms with van der Waals surface area (Å²) in [5.41, 5.74) is 5.09. The number of hydrogen-bond acceptors (Lipinski definition) is 3. The van der Waals surface area contributed by atoms with Crippen LogP contribution in [-0.4, -0.2) is 41.8 Å². The second-order valence-electron chi connectivity index (χ2n) is 7.08. The Bertz CT molecular complexity index is 555. The average Bonchev–Trinajstić information content (AvgIpc) is 2.92. The smallest absolute Gasteiger partial charge is 0.389 e. The zero-order chi connectivity index (χ0) is 16.7. The molecule has 1 heterocycles. The topological polar surface area (TPSA) is 49.5 Å². The summed E-state index contributed by atoms with van der Waals surface area (Å²) in [4.78, 5) is 2.16. The lowest BCUT2D eigenvalue weighted by molar-refractivity contribution is -0.137. The van der Waals surface area contributed by atoms with E-state index in [2.05, 4.69) is 4.90 Å². The molecule has 0 amide bonds. The molecule has 1 aliphatic carbocycles. The van der Waals surface area contributed by atoms with Gasteiger partial charge in [-0.2, -0.15) is 13.2 Å². The van der Waals surface area contributed by atoms with Crippen molar-refractivity contribution in [3.05, 3.63) is 35.4 Å². The van der Waals surface area contributed by atoms with Gasteiger partial charge in [-0.15, -0.1) is 0 Å². The van der Waals surface area contributed by atoms with Gasteiger partial charge in [-0.1, -0.05) is 18.2 Å². The fourth-order valence-corrected chi connectivity index (χ4v) is 3.94. The van der Waals surface area contributed by atoms with Gasteiger partial charge in [-0.05, 0) is 55.8 Å². The lowest BCUT2D eigenvalue weighted by atomic mass is 9.70. The highest BCUT2D eigenvalue weighted by Crippen LogP contribution is 2.39. The van der Waals surface area contributed by atoms with Crippen LogP contribution in [0.2, 0.25) is 0 Å². The molecule has 2 fully saturated rings. The van der Waals surface area contributed by atoms with Crippen LogP contribution in [0.15, 0.2) is 24.3 Å². The van der Waals surface area contributed by atoms with E-state index in [-0.39, 0.29) is 5.92 Å². The molecule has 1 aromatic carbocycles. The number of rotatable bonds is 4. The molecule has 1 unspecified atom stereocenters. The molecule has 0 radical (unpaired) electrons. The Labute approximate surface area is 134 Å². The lowest BCUT2D eigenvalue weighted by Crippen LogP contribution is -2.53. The molecule has 1 saturated heterocycles. The van der Waals surface area contributed by atoms with E-state index in [0.717, 1.165) is 37.4 Å². The van der Waals surface area contributed by atoms with Gasteiger partial charge in [0, 0.05) is 13.1 Å². The molecule has 1 saturated carbocycles. The summed E-state index contributed by atoms with van der Waals surface area (Å²) in [5, 5.41) is 10.4. The van der Waals surface area contributed by atoms with Crippen LogP contribution < -0.4 is 5.73 Å². The molecule has 1 aromatic rings. The fraction of sp³-hybridized carbons (Fsp3) is 0.647. The lowest BCUT2D eigenvalue weighted by Gasteiger charge is -2.45. The summed E-state index contributed by atoms with van der Waals surface area (Å²) in [5.74, 6) is 0.508. The van der Waals surface area contributed by atoms with Crippen molar-refractivity contribution in [2.24, 2.45) is 11.7 Å². The molecule has 23 heavy (non-hydrogen) atoms. The molecule has 0 bridgehead atoms. The quantitative estimate of drug-likeness (QED) is 0.893. The molecule has 0 aromatic heterocycles. The van der Waals surface area contributed by atoms with Gasteiger partial charge < -0.3 is 10.8 Å². The molecule has 1 aliphatic heterocycles. The number of hydrogen-bond donors (Lipinski definition) is 2. The summed E-state index contributed by atoms with van der Waals surface area (Å²) in [6.07, 6.45) is -2.01. The van der Waals surface area contributed by atoms with E-state index in [1.807, 2.05) is 0 Å². The van der Waals surface area contributed by atoms with Crippen molar-refractivity contribution in [1.29, 1.82) is 0 Å². The zero-order valence-electron chi connectivity index (χ0n) is 13.0. The molecule has 2 aliphatic rings. The highest BCUT2D eigenvalue weighted by atomic mass is 19.4. The summed E-state index contributed by atoms with van der Waals surface area (Å²) in [6.45, 7) is 2.72. The summed E-state index contributed by atoms with van der Waals surface area (Å²) in [7, 11) is 0. The van der Waals surface area contributed by atoms with Crippen molar-refractivity contribution in [2.45, 2.75) is 37.0 Å². The number of β-amino-alcohol motifs (C(OH)–C–C–N with tert-alkyl or cyclic N) is 1. The van der Waals surface area contributed by atoms with Crippen LogP contribution in [0.3, 0.4) is 0 Å². The summed E-state index contributed by atoms with van der Waals surface area (Å²) >= 11 is 0. The molecule has 128 valence electrons. The number of alkyl halides is 3. The molecular weight excluding hydrogens is 305 g/mol. The van der Waals surface area contributed by atoms with Crippen LogP contribution in [0.25, 0.3) is 0 Å². The first-order valence-electron chi connectivity index (χ1n) is 8.11. The van der Waals surface area contributed by atoms with Crippen LogP contribution in [0.1, 0.15) is 36.3 Å². The van der Waals surface area contributed by atoms with Crippen molar-refractivity contribution in [3.8, 4) is 0 Å². The van der Waals surface area contributed by atoms with E-state index >= 15 is 0 Å². The van der Waals surface area contributed by atoms with Crippen molar-refractivity contribution < 1.29 is 18.3 Å². The summed E-state index contributed by atoms with van der Waals surface area (Å²) < 4.78 is 38.5. The van der Waals surface area contributed by atoms with Gasteiger partial charge in [0.05, 0.1) is 11.2 Å². The van der Waals surface area contributed by atoms with E-state index < -0.39 is 17.3 Å². The molecule has 6 heteroatoms. The van der Waals surface area contributed by atoms with Crippen molar-refractivity contribution in [1.82, 2.24) is 4.90 Å². The Morgan fingerprint density at radius 1 is 1.30 bits per heavy atom. The second-order valence-corrected chi connectivity index (χ2v) is 7.08. The third kappa shape index (κ3) is 3.70. The first kappa shape index (κ1) is 16.7. The van der Waals surface area contributed by atoms with E-state index in [1.165, 1.54) is 12.1 Å². The number of nitrogens with two attached hydrogens (primary N) is 1. The highest BCUT2D eigenvalue weighted by Gasteiger charge is 2.43. The first-order chi connectivity index (χ1) is 10.8. The monoisotopic (exact) mass is 328 g/mol. The van der Waals surface area contributed by atoms with Crippen LogP contribution in [0, 0.1) is 5.92 Å². The Balaban J connectivity index is 1.60. The molecule has 0 spiro atoms. The Kier molecular flexibility index (Phi) is 4.42. The minimum Gasteiger partial charge on any atom is -0.389 e. The Hall–Kier alpha value is -1.11. The third-order valence-electron chi connectivity index (χ3n) is 5.15. The zero-order valence-corrected chi connectivity index (χ0v) is 13.0. The minimum absolute atomic E-state index is 0.103. The highest BCUT2D eigenvalue weighted by molar-refractivity contribution is 5.29. The van der Waals surface area contributed by atoms with Crippen LogP contribution in [0.5, 0.6) is 0 Å². The van der Waals surface area contributed by atoms with Crippen LogP contribution in [0.4, 0.5) is 13.2 Å². The average molecular weight is 328 g/mol. The SMILES string of the molecule is NCC1CC(O)(CN2CCC(c3cccc(C(F)(F)F)c3)C2)C1. The maximum absolute atomic E-state index is 12.8. The molecule has 1 atom stereocenters. The van der Waals surface area contributed by atoms with Gasteiger partial charge in [0.15, 0.2) is 0 Å². The van der Waals surface area contributed by atoms with E-state index in [0.29, 0.717) is 25.6 Å². The Morgan fingerprint density at radius 3 is 2.70 bits per heavy atom. The Morgan fingerprint density at radius 2 is 2.04 bits per heavy atom. The van der Waals surface area contributed by atoms with Gasteiger partial charge in [-0.25, -0.2) is 0 Å². The number of benzene rings is 1. The van der Waals surface area contributed by atoms with Crippen LogP contribution in [-0.2, 0) is 6.18 Å².